The molecule has 0 aliphatic rings. The van der Waals surface area contributed by atoms with E-state index in [1.54, 1.807) is 24.3 Å². The molecule has 2 aromatic carbocycles. The van der Waals surface area contributed by atoms with Crippen molar-refractivity contribution < 1.29 is 19.1 Å². The Morgan fingerprint density at radius 1 is 0.950 bits per heavy atom. The van der Waals surface area contributed by atoms with Gasteiger partial charge in [-0.2, -0.15) is 0 Å². The van der Waals surface area contributed by atoms with E-state index in [2.05, 4.69) is 4.99 Å². The van der Waals surface area contributed by atoms with Gasteiger partial charge in [-0.25, -0.2) is 4.79 Å². The second kappa shape index (κ2) is 6.87. The predicted octanol–water partition coefficient (Wildman–Crippen LogP) is 2.72. The van der Waals surface area contributed by atoms with Crippen molar-refractivity contribution in [2.75, 3.05) is 6.61 Å². The number of carbonyl (C=O) groups excluding carboxylic acids is 2. The minimum absolute atomic E-state index is 0.297. The van der Waals surface area contributed by atoms with Crippen LogP contribution >= 0.6 is 0 Å². The fourth-order valence-electron chi connectivity index (χ4n) is 1.46. The van der Waals surface area contributed by atoms with E-state index in [1.807, 2.05) is 30.3 Å². The number of benzene rings is 2. The van der Waals surface area contributed by atoms with Crippen molar-refractivity contribution in [1.29, 1.82) is 0 Å². The third-order valence-corrected chi connectivity index (χ3v) is 2.34. The van der Waals surface area contributed by atoms with Crippen molar-refractivity contribution in [2.45, 2.75) is 0 Å². The van der Waals surface area contributed by atoms with Crippen LogP contribution in [0.3, 0.4) is 0 Å². The van der Waals surface area contributed by atoms with Crippen molar-refractivity contribution in [3.63, 3.8) is 0 Å². The lowest BCUT2D eigenvalue weighted by Gasteiger charge is -2.07. The number of ether oxygens (including phenoxy) is 2. The van der Waals surface area contributed by atoms with Crippen molar-refractivity contribution in [3.8, 4) is 17.2 Å². The van der Waals surface area contributed by atoms with Gasteiger partial charge in [0.25, 0.3) is 5.91 Å². The second-order valence-corrected chi connectivity index (χ2v) is 3.77. The van der Waals surface area contributed by atoms with Gasteiger partial charge in [-0.05, 0) is 36.4 Å². The maximum Gasteiger partial charge on any atom is 0.294 e. The zero-order valence-electron chi connectivity index (χ0n) is 10.5. The van der Waals surface area contributed by atoms with Gasteiger partial charge >= 0.3 is 0 Å². The summed E-state index contributed by atoms with van der Waals surface area (Å²) in [5.74, 6) is 1.20. The highest BCUT2D eigenvalue weighted by atomic mass is 16.5. The van der Waals surface area contributed by atoms with Crippen molar-refractivity contribution in [1.82, 2.24) is 0 Å². The summed E-state index contributed by atoms with van der Waals surface area (Å²) in [6.07, 6.45) is 1.17. The molecule has 0 unspecified atom stereocenters. The Hall–Kier alpha value is -2.91. The molecule has 0 aliphatic carbocycles. The first kappa shape index (κ1) is 13.5. The van der Waals surface area contributed by atoms with Crippen molar-refractivity contribution >= 4 is 12.0 Å². The van der Waals surface area contributed by atoms with Gasteiger partial charge in [0.2, 0.25) is 6.08 Å². The summed E-state index contributed by atoms with van der Waals surface area (Å²) in [6.45, 7) is -0.297. The Morgan fingerprint density at radius 3 is 2.20 bits per heavy atom. The molecule has 100 valence electrons. The monoisotopic (exact) mass is 269 g/mol. The van der Waals surface area contributed by atoms with Gasteiger partial charge in [-0.1, -0.05) is 18.2 Å². The number of amides is 1. The van der Waals surface area contributed by atoms with E-state index in [-0.39, 0.29) is 6.61 Å². The SMILES string of the molecule is O=C=NC(=O)COc1ccc(Oc2ccccc2)cc1. The molecule has 0 fully saturated rings. The molecule has 2 aromatic rings. The summed E-state index contributed by atoms with van der Waals surface area (Å²) in [7, 11) is 0. The summed E-state index contributed by atoms with van der Waals surface area (Å²) in [4.78, 5) is 23.7. The average molecular weight is 269 g/mol. The van der Waals surface area contributed by atoms with Crippen molar-refractivity contribution in [3.05, 3.63) is 54.6 Å². The van der Waals surface area contributed by atoms with E-state index >= 15 is 0 Å². The molecule has 0 saturated heterocycles. The Balaban J connectivity index is 1.93. The molecule has 5 heteroatoms. The molecule has 0 aromatic heterocycles. The molecule has 0 spiro atoms. The summed E-state index contributed by atoms with van der Waals surface area (Å²) in [5.41, 5.74) is 0. The van der Waals surface area contributed by atoms with Gasteiger partial charge < -0.3 is 9.47 Å². The lowest BCUT2D eigenvalue weighted by Crippen LogP contribution is -2.07. The van der Waals surface area contributed by atoms with Crippen LogP contribution in [0.15, 0.2) is 59.6 Å². The van der Waals surface area contributed by atoms with E-state index in [9.17, 15) is 9.59 Å². The van der Waals surface area contributed by atoms with Crippen LogP contribution in [0.1, 0.15) is 0 Å². The number of hydrogen-bond donors (Lipinski definition) is 0. The van der Waals surface area contributed by atoms with Crippen LogP contribution in [-0.2, 0) is 9.59 Å². The van der Waals surface area contributed by atoms with E-state index in [0.717, 1.165) is 5.75 Å². The molecule has 0 N–H and O–H groups in total. The Kier molecular flexibility index (Phi) is 4.65. The summed E-state index contributed by atoms with van der Waals surface area (Å²) in [5, 5.41) is 0. The van der Waals surface area contributed by atoms with Gasteiger partial charge in [0.05, 0.1) is 0 Å². The molecular formula is C15H11NO4. The molecule has 5 nitrogen and oxygen atoms in total. The standard InChI is InChI=1S/C15H11NO4/c17-11-16-15(18)10-19-12-6-8-14(9-7-12)20-13-4-2-1-3-5-13/h1-9H,10H2. The zero-order chi connectivity index (χ0) is 14.2. The molecule has 1 amide bonds. The Bertz CT molecular complexity index is 616. The molecule has 0 heterocycles. The first-order chi connectivity index (χ1) is 9.78. The molecule has 0 bridgehead atoms. The van der Waals surface area contributed by atoms with Gasteiger partial charge in [0.15, 0.2) is 6.61 Å². The normalized spacial score (nSPS) is 9.40. The van der Waals surface area contributed by atoms with Crippen LogP contribution < -0.4 is 9.47 Å². The first-order valence-electron chi connectivity index (χ1n) is 5.84. The highest BCUT2D eigenvalue weighted by Crippen LogP contribution is 2.23. The molecule has 2 rings (SSSR count). The van der Waals surface area contributed by atoms with Gasteiger partial charge in [-0.3, -0.25) is 4.79 Å². The van der Waals surface area contributed by atoms with Crippen LogP contribution in [0.5, 0.6) is 17.2 Å². The van der Waals surface area contributed by atoms with Crippen LogP contribution in [0, 0.1) is 0 Å². The van der Waals surface area contributed by atoms with Crippen LogP contribution in [-0.4, -0.2) is 18.6 Å². The molecule has 0 atom stereocenters. The van der Waals surface area contributed by atoms with Crippen LogP contribution in [0.25, 0.3) is 0 Å². The largest absolute Gasteiger partial charge is 0.484 e. The molecule has 0 saturated carbocycles. The summed E-state index contributed by atoms with van der Waals surface area (Å²) in [6, 6.07) is 16.1. The maximum atomic E-state index is 10.9. The van der Waals surface area contributed by atoms with Gasteiger partial charge in [0, 0.05) is 0 Å². The minimum atomic E-state index is -0.676. The molecule has 0 radical (unpaired) electrons. The van der Waals surface area contributed by atoms with Crippen LogP contribution in [0.4, 0.5) is 0 Å². The summed E-state index contributed by atoms with van der Waals surface area (Å²) < 4.78 is 10.8. The fraction of sp³-hybridized carbons (Fsp3) is 0.0667. The predicted molar refractivity (Wildman–Crippen MR) is 71.6 cm³/mol. The van der Waals surface area contributed by atoms with E-state index in [0.29, 0.717) is 11.5 Å². The first-order valence-corrected chi connectivity index (χ1v) is 5.84. The Labute approximate surface area is 115 Å². The lowest BCUT2D eigenvalue weighted by atomic mass is 10.3. The smallest absolute Gasteiger partial charge is 0.294 e. The van der Waals surface area contributed by atoms with Crippen molar-refractivity contribution in [2.24, 2.45) is 4.99 Å². The molecule has 20 heavy (non-hydrogen) atoms. The highest BCUT2D eigenvalue weighted by Gasteiger charge is 2.02. The average Bonchev–Trinajstić information content (AvgIpc) is 2.48. The third kappa shape index (κ3) is 4.08. The van der Waals surface area contributed by atoms with E-state index < -0.39 is 5.91 Å². The van der Waals surface area contributed by atoms with E-state index in [4.69, 9.17) is 9.47 Å². The van der Waals surface area contributed by atoms with Gasteiger partial charge in [-0.15, -0.1) is 4.99 Å². The minimum Gasteiger partial charge on any atom is -0.484 e. The number of isocyanates is 1. The molecular weight excluding hydrogens is 258 g/mol. The fourth-order valence-corrected chi connectivity index (χ4v) is 1.46. The summed E-state index contributed by atoms with van der Waals surface area (Å²) >= 11 is 0. The van der Waals surface area contributed by atoms with Gasteiger partial charge in [0.1, 0.15) is 17.2 Å². The maximum absolute atomic E-state index is 10.9. The second-order valence-electron chi connectivity index (χ2n) is 3.77. The Morgan fingerprint density at radius 2 is 1.55 bits per heavy atom. The number of rotatable bonds is 5. The number of para-hydroxylation sites is 1. The van der Waals surface area contributed by atoms with E-state index in [1.165, 1.54) is 6.08 Å². The third-order valence-electron chi connectivity index (χ3n) is 2.34. The highest BCUT2D eigenvalue weighted by molar-refractivity contribution is 5.82. The number of carbonyl (C=O) groups is 1. The zero-order valence-corrected chi connectivity index (χ0v) is 10.5. The molecule has 0 aliphatic heterocycles. The number of aliphatic imine (C=N–C) groups is 1. The van der Waals surface area contributed by atoms with Crippen LogP contribution in [0.2, 0.25) is 0 Å². The quantitative estimate of drug-likeness (QED) is 0.618. The number of nitrogens with zero attached hydrogens (tertiary/aromatic N) is 1. The number of hydrogen-bond acceptors (Lipinski definition) is 4. The topological polar surface area (TPSA) is 65.0 Å². The lowest BCUT2D eigenvalue weighted by molar-refractivity contribution is -0.119.